The van der Waals surface area contributed by atoms with E-state index < -0.39 is 24.7 Å². The molecule has 0 radical (unpaired) electrons. The van der Waals surface area contributed by atoms with Crippen molar-refractivity contribution in [3.8, 4) is 5.88 Å². The molecule has 1 aliphatic heterocycles. The van der Waals surface area contributed by atoms with E-state index in [4.69, 9.17) is 9.47 Å². The van der Waals surface area contributed by atoms with Gasteiger partial charge in [-0.3, -0.25) is 0 Å². The summed E-state index contributed by atoms with van der Waals surface area (Å²) in [5.41, 5.74) is 1.08. The van der Waals surface area contributed by atoms with Crippen LogP contribution in [-0.4, -0.2) is 41.2 Å². The fourth-order valence-electron chi connectivity index (χ4n) is 2.10. The third-order valence-electron chi connectivity index (χ3n) is 3.04. The maximum absolute atomic E-state index is 12.2. The molecule has 0 unspecified atom stereocenters. The molecule has 0 N–H and O–H groups in total. The van der Waals surface area contributed by atoms with Crippen LogP contribution in [-0.2, 0) is 17.7 Å². The second-order valence-electron chi connectivity index (χ2n) is 6.11. The number of amides is 1. The van der Waals surface area contributed by atoms with Crippen LogP contribution in [0.4, 0.5) is 13.6 Å². The Labute approximate surface area is 128 Å². The van der Waals surface area contributed by atoms with Crippen molar-refractivity contribution in [1.82, 2.24) is 9.88 Å². The molecule has 0 aromatic carbocycles. The molecule has 122 valence electrons. The summed E-state index contributed by atoms with van der Waals surface area (Å²) in [4.78, 5) is 17.8. The van der Waals surface area contributed by atoms with Crippen molar-refractivity contribution in [2.75, 3.05) is 13.2 Å². The highest BCUT2D eigenvalue weighted by atomic mass is 19.3. The Hall–Kier alpha value is -1.92. The number of hydrogen-bond acceptors (Lipinski definition) is 4. The van der Waals surface area contributed by atoms with Crippen molar-refractivity contribution < 1.29 is 23.0 Å². The van der Waals surface area contributed by atoms with Gasteiger partial charge in [-0.25, -0.2) is 18.6 Å². The van der Waals surface area contributed by atoms with E-state index in [1.807, 2.05) is 0 Å². The third-order valence-corrected chi connectivity index (χ3v) is 3.04. The summed E-state index contributed by atoms with van der Waals surface area (Å²) in [6.45, 7) is 5.55. The predicted molar refractivity (Wildman–Crippen MR) is 76.1 cm³/mol. The van der Waals surface area contributed by atoms with E-state index >= 15 is 0 Å². The molecule has 0 bridgehead atoms. The van der Waals surface area contributed by atoms with Crippen LogP contribution in [0.15, 0.2) is 12.1 Å². The minimum Gasteiger partial charge on any atom is -0.472 e. The Kier molecular flexibility index (Phi) is 4.83. The number of fused-ring (bicyclic) bond motifs is 1. The van der Waals surface area contributed by atoms with Crippen LogP contribution in [0.1, 0.15) is 32.0 Å². The van der Waals surface area contributed by atoms with E-state index in [0.29, 0.717) is 18.7 Å². The van der Waals surface area contributed by atoms with Crippen molar-refractivity contribution in [3.63, 3.8) is 0 Å². The van der Waals surface area contributed by atoms with Gasteiger partial charge in [0, 0.05) is 12.6 Å². The number of alkyl halides is 2. The van der Waals surface area contributed by atoms with Crippen molar-refractivity contribution >= 4 is 6.09 Å². The highest BCUT2D eigenvalue weighted by molar-refractivity contribution is 5.68. The van der Waals surface area contributed by atoms with Crippen LogP contribution < -0.4 is 4.74 Å². The van der Waals surface area contributed by atoms with Gasteiger partial charge >= 0.3 is 6.09 Å². The smallest absolute Gasteiger partial charge is 0.410 e. The highest BCUT2D eigenvalue weighted by Crippen LogP contribution is 2.22. The second kappa shape index (κ2) is 6.46. The van der Waals surface area contributed by atoms with Gasteiger partial charge in [-0.2, -0.15) is 0 Å². The largest absolute Gasteiger partial charge is 0.472 e. The number of ether oxygens (including phenoxy) is 2. The van der Waals surface area contributed by atoms with Crippen molar-refractivity contribution in [2.24, 2.45) is 0 Å². The predicted octanol–water partition coefficient (Wildman–Crippen LogP) is 3.02. The van der Waals surface area contributed by atoms with Crippen molar-refractivity contribution in [1.29, 1.82) is 0 Å². The fourth-order valence-corrected chi connectivity index (χ4v) is 2.10. The number of carbonyl (C=O) groups is 1. The van der Waals surface area contributed by atoms with Crippen LogP contribution in [0, 0.1) is 0 Å². The minimum atomic E-state index is -2.55. The quantitative estimate of drug-likeness (QED) is 0.860. The average Bonchev–Trinajstić information content (AvgIpc) is 2.42. The van der Waals surface area contributed by atoms with Crippen LogP contribution in [0.5, 0.6) is 5.88 Å². The Bertz CT molecular complexity index is 544. The van der Waals surface area contributed by atoms with Gasteiger partial charge in [-0.05, 0) is 32.8 Å². The summed E-state index contributed by atoms with van der Waals surface area (Å²) < 4.78 is 34.6. The summed E-state index contributed by atoms with van der Waals surface area (Å²) in [6.07, 6.45) is -2.30. The molecular weight excluding hydrogens is 294 g/mol. The number of hydrogen-bond donors (Lipinski definition) is 0. The Morgan fingerprint density at radius 1 is 1.41 bits per heavy atom. The Morgan fingerprint density at radius 3 is 2.77 bits per heavy atom. The summed E-state index contributed by atoms with van der Waals surface area (Å²) in [5.74, 6) is 0.144. The van der Waals surface area contributed by atoms with E-state index in [1.165, 1.54) is 0 Å². The van der Waals surface area contributed by atoms with Crippen molar-refractivity contribution in [2.45, 2.75) is 45.8 Å². The Balaban J connectivity index is 2.05. The van der Waals surface area contributed by atoms with E-state index in [2.05, 4.69) is 4.98 Å². The van der Waals surface area contributed by atoms with Crippen LogP contribution in [0.25, 0.3) is 0 Å². The second-order valence-corrected chi connectivity index (χ2v) is 6.11. The topological polar surface area (TPSA) is 51.7 Å². The minimum absolute atomic E-state index is 0.144. The van der Waals surface area contributed by atoms with E-state index in [9.17, 15) is 13.6 Å². The molecule has 1 aromatic rings. The van der Waals surface area contributed by atoms with E-state index in [0.717, 1.165) is 5.56 Å². The first-order valence-electron chi connectivity index (χ1n) is 7.12. The number of aromatic nitrogens is 1. The number of rotatable bonds is 3. The average molecular weight is 314 g/mol. The number of carbonyl (C=O) groups excluding carboxylic acids is 1. The number of halogens is 2. The highest BCUT2D eigenvalue weighted by Gasteiger charge is 2.26. The normalized spacial score (nSPS) is 14.7. The third kappa shape index (κ3) is 4.54. The van der Waals surface area contributed by atoms with Crippen molar-refractivity contribution in [3.05, 3.63) is 23.4 Å². The van der Waals surface area contributed by atoms with Gasteiger partial charge in [-0.1, -0.05) is 6.07 Å². The summed E-state index contributed by atoms with van der Waals surface area (Å²) >= 11 is 0. The summed E-state index contributed by atoms with van der Waals surface area (Å²) in [7, 11) is 0. The molecule has 0 aliphatic carbocycles. The molecule has 2 heterocycles. The molecule has 7 heteroatoms. The van der Waals surface area contributed by atoms with Gasteiger partial charge in [0.05, 0.1) is 12.2 Å². The lowest BCUT2D eigenvalue weighted by Gasteiger charge is -2.30. The number of nitrogens with zero attached hydrogens (tertiary/aromatic N) is 2. The van der Waals surface area contributed by atoms with Crippen LogP contribution in [0.2, 0.25) is 0 Å². The first-order chi connectivity index (χ1) is 10.2. The van der Waals surface area contributed by atoms with Gasteiger partial charge in [0.15, 0.2) is 6.61 Å². The number of pyridine rings is 1. The summed E-state index contributed by atoms with van der Waals surface area (Å²) in [6, 6.07) is 3.37. The first-order valence-corrected chi connectivity index (χ1v) is 7.12. The van der Waals surface area contributed by atoms with Crippen LogP contribution >= 0.6 is 0 Å². The monoisotopic (exact) mass is 314 g/mol. The zero-order valence-electron chi connectivity index (χ0n) is 12.9. The standard InChI is InChI=1S/C15H20F2N2O3/c1-15(2,3)22-14(20)19-7-6-10-4-5-13(18-11(10)8-19)21-9-12(16)17/h4-5,12H,6-9H2,1-3H3. The van der Waals surface area contributed by atoms with Crippen LogP contribution in [0.3, 0.4) is 0 Å². The molecule has 0 fully saturated rings. The molecule has 5 nitrogen and oxygen atoms in total. The van der Waals surface area contributed by atoms with E-state index in [1.54, 1.807) is 37.8 Å². The van der Waals surface area contributed by atoms with Gasteiger partial charge < -0.3 is 14.4 Å². The Morgan fingerprint density at radius 2 is 2.14 bits per heavy atom. The lowest BCUT2D eigenvalue weighted by Crippen LogP contribution is -2.40. The lowest BCUT2D eigenvalue weighted by molar-refractivity contribution is 0.0220. The molecular formula is C15H20F2N2O3. The molecule has 1 aliphatic rings. The SMILES string of the molecule is CC(C)(C)OC(=O)N1CCc2ccc(OCC(F)F)nc2C1. The fraction of sp³-hybridized carbons (Fsp3) is 0.600. The zero-order chi connectivity index (χ0) is 16.3. The molecule has 0 spiro atoms. The first kappa shape index (κ1) is 16.5. The molecule has 0 saturated heterocycles. The van der Waals surface area contributed by atoms with Gasteiger partial charge in [0.25, 0.3) is 6.43 Å². The zero-order valence-corrected chi connectivity index (χ0v) is 12.9. The van der Waals surface area contributed by atoms with Gasteiger partial charge in [0.1, 0.15) is 5.60 Å². The maximum Gasteiger partial charge on any atom is 0.410 e. The van der Waals surface area contributed by atoms with Gasteiger partial charge in [-0.15, -0.1) is 0 Å². The van der Waals surface area contributed by atoms with E-state index in [-0.39, 0.29) is 12.4 Å². The van der Waals surface area contributed by atoms with Gasteiger partial charge in [0.2, 0.25) is 5.88 Å². The maximum atomic E-state index is 12.2. The molecule has 0 atom stereocenters. The molecule has 0 saturated carbocycles. The molecule has 1 aromatic heterocycles. The lowest BCUT2D eigenvalue weighted by atomic mass is 10.1. The molecule has 1 amide bonds. The summed E-state index contributed by atoms with van der Waals surface area (Å²) in [5, 5.41) is 0. The molecule has 22 heavy (non-hydrogen) atoms. The molecule has 2 rings (SSSR count).